The predicted molar refractivity (Wildman–Crippen MR) is 95.1 cm³/mol. The van der Waals surface area contributed by atoms with Crippen molar-refractivity contribution in [2.75, 3.05) is 13.2 Å². The molecule has 0 saturated carbocycles. The summed E-state index contributed by atoms with van der Waals surface area (Å²) >= 11 is 0. The van der Waals surface area contributed by atoms with Crippen molar-refractivity contribution in [3.8, 4) is 0 Å². The molecule has 3 rings (SSSR count). The van der Waals surface area contributed by atoms with E-state index in [4.69, 9.17) is 4.74 Å². The van der Waals surface area contributed by atoms with Crippen LogP contribution in [0.1, 0.15) is 29.3 Å². The third-order valence-electron chi connectivity index (χ3n) is 4.12. The molecule has 1 amide bonds. The molecule has 2 aromatic rings. The highest BCUT2D eigenvalue weighted by Gasteiger charge is 2.24. The standard InChI is InChI=1S/C17H22N4O4S/c1-2-21-11-13(10-19-21)9-18-17(22)14-4-3-5-16(8-14)26(23,24)20-15-6-7-25-12-15/h3-5,8,10-11,15,20H,2,6-7,9,12H2,1H3,(H,18,22)/t15-/m1/s1. The first-order chi connectivity index (χ1) is 12.5. The lowest BCUT2D eigenvalue weighted by molar-refractivity contribution is 0.0950. The maximum absolute atomic E-state index is 12.5. The van der Waals surface area contributed by atoms with Gasteiger partial charge in [0.15, 0.2) is 0 Å². The van der Waals surface area contributed by atoms with Crippen LogP contribution in [0.4, 0.5) is 0 Å². The number of amides is 1. The average molecular weight is 378 g/mol. The van der Waals surface area contributed by atoms with Gasteiger partial charge in [-0.15, -0.1) is 0 Å². The van der Waals surface area contributed by atoms with Gasteiger partial charge in [-0.3, -0.25) is 9.48 Å². The number of sulfonamides is 1. The molecule has 1 aliphatic heterocycles. The minimum absolute atomic E-state index is 0.0656. The fourth-order valence-electron chi connectivity index (χ4n) is 2.67. The minimum atomic E-state index is -3.69. The summed E-state index contributed by atoms with van der Waals surface area (Å²) in [5.41, 5.74) is 1.17. The molecular formula is C17H22N4O4S. The van der Waals surface area contributed by atoms with E-state index in [1.54, 1.807) is 23.0 Å². The highest BCUT2D eigenvalue weighted by Crippen LogP contribution is 2.14. The van der Waals surface area contributed by atoms with Crippen LogP contribution in [0.3, 0.4) is 0 Å². The van der Waals surface area contributed by atoms with Crippen LogP contribution >= 0.6 is 0 Å². The maximum Gasteiger partial charge on any atom is 0.251 e. The van der Waals surface area contributed by atoms with Crippen molar-refractivity contribution in [1.82, 2.24) is 19.8 Å². The van der Waals surface area contributed by atoms with Gasteiger partial charge in [0.25, 0.3) is 5.91 Å². The van der Waals surface area contributed by atoms with Gasteiger partial charge in [-0.05, 0) is 31.5 Å². The third kappa shape index (κ3) is 4.48. The lowest BCUT2D eigenvalue weighted by atomic mass is 10.2. The molecular weight excluding hydrogens is 356 g/mol. The molecule has 1 aliphatic rings. The second-order valence-corrected chi connectivity index (χ2v) is 7.81. The van der Waals surface area contributed by atoms with Gasteiger partial charge in [-0.25, -0.2) is 13.1 Å². The van der Waals surface area contributed by atoms with E-state index in [2.05, 4.69) is 15.1 Å². The summed E-state index contributed by atoms with van der Waals surface area (Å²) in [5, 5.41) is 6.93. The van der Waals surface area contributed by atoms with Gasteiger partial charge in [-0.2, -0.15) is 5.10 Å². The first-order valence-corrected chi connectivity index (χ1v) is 9.96. The molecule has 0 radical (unpaired) electrons. The Morgan fingerprint density at radius 3 is 2.96 bits per heavy atom. The molecule has 2 N–H and O–H groups in total. The monoisotopic (exact) mass is 378 g/mol. The number of carbonyl (C=O) groups excluding carboxylic acids is 1. The summed E-state index contributed by atoms with van der Waals surface area (Å²) in [6.07, 6.45) is 4.19. The normalized spacial score (nSPS) is 17.3. The van der Waals surface area contributed by atoms with Crippen molar-refractivity contribution >= 4 is 15.9 Å². The first-order valence-electron chi connectivity index (χ1n) is 8.47. The quantitative estimate of drug-likeness (QED) is 0.745. The molecule has 2 heterocycles. The molecule has 26 heavy (non-hydrogen) atoms. The molecule has 0 spiro atoms. The smallest absolute Gasteiger partial charge is 0.251 e. The number of aromatic nitrogens is 2. The summed E-state index contributed by atoms with van der Waals surface area (Å²) in [4.78, 5) is 12.4. The van der Waals surface area contributed by atoms with E-state index >= 15 is 0 Å². The van der Waals surface area contributed by atoms with Gasteiger partial charge >= 0.3 is 0 Å². The highest BCUT2D eigenvalue weighted by atomic mass is 32.2. The van der Waals surface area contributed by atoms with Crippen molar-refractivity contribution in [2.24, 2.45) is 0 Å². The summed E-state index contributed by atoms with van der Waals surface area (Å²) < 4.78 is 34.5. The fraction of sp³-hybridized carbons (Fsp3) is 0.412. The van der Waals surface area contributed by atoms with Crippen molar-refractivity contribution in [1.29, 1.82) is 0 Å². The number of nitrogens with one attached hydrogen (secondary N) is 2. The third-order valence-corrected chi connectivity index (χ3v) is 5.64. The van der Waals surface area contributed by atoms with E-state index in [0.29, 0.717) is 31.7 Å². The second-order valence-electron chi connectivity index (χ2n) is 6.10. The Balaban J connectivity index is 1.66. The zero-order valence-electron chi connectivity index (χ0n) is 14.5. The van der Waals surface area contributed by atoms with Crippen LogP contribution in [0.25, 0.3) is 0 Å². The van der Waals surface area contributed by atoms with Crippen LogP contribution in [-0.4, -0.2) is 43.4 Å². The predicted octanol–water partition coefficient (Wildman–Crippen LogP) is 0.900. The summed E-state index contributed by atoms with van der Waals surface area (Å²) in [7, 11) is -3.69. The molecule has 1 aromatic heterocycles. The zero-order chi connectivity index (χ0) is 18.6. The molecule has 0 aliphatic carbocycles. The van der Waals surface area contributed by atoms with Crippen LogP contribution < -0.4 is 10.0 Å². The van der Waals surface area contributed by atoms with Gasteiger partial charge in [-0.1, -0.05) is 6.07 Å². The van der Waals surface area contributed by atoms with E-state index in [1.165, 1.54) is 12.1 Å². The van der Waals surface area contributed by atoms with E-state index in [-0.39, 0.29) is 16.8 Å². The largest absolute Gasteiger partial charge is 0.380 e. The van der Waals surface area contributed by atoms with Crippen molar-refractivity contribution in [3.63, 3.8) is 0 Å². The van der Waals surface area contributed by atoms with Gasteiger partial charge in [0.1, 0.15) is 0 Å². The van der Waals surface area contributed by atoms with Crippen molar-refractivity contribution in [2.45, 2.75) is 37.4 Å². The summed E-state index contributed by atoms with van der Waals surface area (Å²) in [6.45, 7) is 3.97. The van der Waals surface area contributed by atoms with E-state index < -0.39 is 10.0 Å². The van der Waals surface area contributed by atoms with Crippen molar-refractivity contribution < 1.29 is 17.9 Å². The van der Waals surface area contributed by atoms with Crippen LogP contribution in [0, 0.1) is 0 Å². The first kappa shape index (κ1) is 18.6. The molecule has 0 unspecified atom stereocenters. The average Bonchev–Trinajstić information content (AvgIpc) is 3.31. The van der Waals surface area contributed by atoms with Gasteiger partial charge in [0, 0.05) is 43.1 Å². The SMILES string of the molecule is CCn1cc(CNC(=O)c2cccc(S(=O)(=O)N[C@@H]3CCOC3)c2)cn1. The lowest BCUT2D eigenvalue weighted by Gasteiger charge is -2.12. The maximum atomic E-state index is 12.5. The van der Waals surface area contributed by atoms with E-state index in [0.717, 1.165) is 12.1 Å². The minimum Gasteiger partial charge on any atom is -0.380 e. The Hall–Kier alpha value is -2.23. The van der Waals surface area contributed by atoms with Gasteiger partial charge in [0.2, 0.25) is 10.0 Å². The number of hydrogen-bond acceptors (Lipinski definition) is 5. The van der Waals surface area contributed by atoms with Gasteiger partial charge < -0.3 is 10.1 Å². The van der Waals surface area contributed by atoms with Crippen LogP contribution in [0.15, 0.2) is 41.6 Å². The number of nitrogens with zero attached hydrogens (tertiary/aromatic N) is 2. The lowest BCUT2D eigenvalue weighted by Crippen LogP contribution is -2.35. The van der Waals surface area contributed by atoms with Gasteiger partial charge in [0.05, 0.1) is 17.7 Å². The molecule has 8 nitrogen and oxygen atoms in total. The molecule has 1 saturated heterocycles. The molecule has 140 valence electrons. The Labute approximate surface area is 152 Å². The Bertz CT molecular complexity index is 872. The van der Waals surface area contributed by atoms with E-state index in [1.807, 2.05) is 13.1 Å². The van der Waals surface area contributed by atoms with E-state index in [9.17, 15) is 13.2 Å². The summed E-state index contributed by atoms with van der Waals surface area (Å²) in [5.74, 6) is -0.338. The number of carbonyl (C=O) groups is 1. The molecule has 0 bridgehead atoms. The zero-order valence-corrected chi connectivity index (χ0v) is 15.3. The Kier molecular flexibility index (Phi) is 5.70. The second kappa shape index (κ2) is 7.98. The number of aryl methyl sites for hydroxylation is 1. The fourth-order valence-corrected chi connectivity index (χ4v) is 3.98. The topological polar surface area (TPSA) is 102 Å². The molecule has 1 atom stereocenters. The van der Waals surface area contributed by atoms with Crippen LogP contribution in [0.5, 0.6) is 0 Å². The number of hydrogen-bond donors (Lipinski definition) is 2. The number of rotatable bonds is 7. The highest BCUT2D eigenvalue weighted by molar-refractivity contribution is 7.89. The molecule has 9 heteroatoms. The number of ether oxygens (including phenoxy) is 1. The van der Waals surface area contributed by atoms with Crippen LogP contribution in [0.2, 0.25) is 0 Å². The Morgan fingerprint density at radius 1 is 1.42 bits per heavy atom. The molecule has 1 aromatic carbocycles. The Morgan fingerprint density at radius 2 is 2.27 bits per heavy atom. The van der Waals surface area contributed by atoms with Crippen LogP contribution in [-0.2, 0) is 27.8 Å². The molecule has 1 fully saturated rings. The van der Waals surface area contributed by atoms with Crippen molar-refractivity contribution in [3.05, 3.63) is 47.8 Å². The summed E-state index contributed by atoms with van der Waals surface area (Å²) in [6, 6.07) is 5.77. The number of benzene rings is 1.